The lowest BCUT2D eigenvalue weighted by Gasteiger charge is -2.03. The third kappa shape index (κ3) is 5.13. The molecule has 3 N–H and O–H groups in total. The molecule has 0 aliphatic rings. The maximum absolute atomic E-state index is 11.7. The van der Waals surface area contributed by atoms with E-state index in [4.69, 9.17) is 5.73 Å². The van der Waals surface area contributed by atoms with Crippen LogP contribution in [0.2, 0.25) is 0 Å². The highest BCUT2D eigenvalue weighted by atomic mass is 16.1. The quantitative estimate of drug-likeness (QED) is 0.695. The number of anilines is 2. The van der Waals surface area contributed by atoms with Crippen molar-refractivity contribution in [3.8, 4) is 0 Å². The van der Waals surface area contributed by atoms with E-state index in [1.165, 1.54) is 0 Å². The van der Waals surface area contributed by atoms with Crippen molar-refractivity contribution in [3.63, 3.8) is 0 Å². The average molecular weight is 290 g/mol. The monoisotopic (exact) mass is 290 g/mol. The van der Waals surface area contributed by atoms with Crippen molar-refractivity contribution in [2.24, 2.45) is 0 Å². The van der Waals surface area contributed by atoms with Crippen molar-refractivity contribution in [1.82, 2.24) is 0 Å². The van der Waals surface area contributed by atoms with E-state index in [2.05, 4.69) is 5.32 Å². The molecule has 3 aromatic carbocycles. The Morgan fingerprint density at radius 3 is 1.59 bits per heavy atom. The fourth-order valence-electron chi connectivity index (χ4n) is 1.77. The summed E-state index contributed by atoms with van der Waals surface area (Å²) in [6, 6.07) is 28.1. The summed E-state index contributed by atoms with van der Waals surface area (Å²) in [6.07, 6.45) is 0. The van der Waals surface area contributed by atoms with Crippen LogP contribution in [0.15, 0.2) is 91.0 Å². The molecule has 0 spiro atoms. The second kappa shape index (κ2) is 8.27. The molecule has 3 nitrogen and oxygen atoms in total. The summed E-state index contributed by atoms with van der Waals surface area (Å²) in [5.41, 5.74) is 7.66. The average Bonchev–Trinajstić information content (AvgIpc) is 2.58. The number of rotatable bonds is 2. The van der Waals surface area contributed by atoms with E-state index in [1.54, 1.807) is 12.1 Å². The van der Waals surface area contributed by atoms with Gasteiger partial charge in [-0.3, -0.25) is 4.79 Å². The van der Waals surface area contributed by atoms with Gasteiger partial charge >= 0.3 is 0 Å². The van der Waals surface area contributed by atoms with Crippen molar-refractivity contribution < 1.29 is 4.79 Å². The molecule has 0 aliphatic heterocycles. The minimum atomic E-state index is -0.0817. The number of carbonyl (C=O) groups is 1. The lowest BCUT2D eigenvalue weighted by Crippen LogP contribution is -2.11. The Labute approximate surface area is 130 Å². The Morgan fingerprint density at radius 1 is 0.682 bits per heavy atom. The molecule has 0 atom stereocenters. The Bertz CT molecular complexity index is 682. The van der Waals surface area contributed by atoms with Crippen LogP contribution in [-0.2, 0) is 0 Å². The largest absolute Gasteiger partial charge is 0.399 e. The van der Waals surface area contributed by atoms with E-state index in [-0.39, 0.29) is 5.91 Å². The Morgan fingerprint density at radius 2 is 1.14 bits per heavy atom. The normalized spacial score (nSPS) is 9.27. The summed E-state index contributed by atoms with van der Waals surface area (Å²) in [5.74, 6) is -0.0817. The van der Waals surface area contributed by atoms with Crippen LogP contribution in [0, 0.1) is 0 Å². The summed E-state index contributed by atoms with van der Waals surface area (Å²) in [4.78, 5) is 11.7. The highest BCUT2D eigenvalue weighted by Gasteiger charge is 2.03. The summed E-state index contributed by atoms with van der Waals surface area (Å²) >= 11 is 0. The molecule has 0 aromatic heterocycles. The van der Waals surface area contributed by atoms with Gasteiger partial charge in [-0.15, -0.1) is 0 Å². The first-order valence-electron chi connectivity index (χ1n) is 6.97. The minimum absolute atomic E-state index is 0.0817. The fourth-order valence-corrected chi connectivity index (χ4v) is 1.77. The third-order valence-electron chi connectivity index (χ3n) is 2.87. The lowest BCUT2D eigenvalue weighted by molar-refractivity contribution is 0.102. The van der Waals surface area contributed by atoms with Crippen molar-refractivity contribution in [2.45, 2.75) is 0 Å². The SMILES string of the molecule is Nc1ccccc1.O=C(Nc1ccccc1)c1ccccc1. The smallest absolute Gasteiger partial charge is 0.255 e. The molecule has 0 aliphatic carbocycles. The van der Waals surface area contributed by atoms with Crippen molar-refractivity contribution in [3.05, 3.63) is 96.6 Å². The first-order chi connectivity index (χ1) is 10.8. The van der Waals surface area contributed by atoms with Gasteiger partial charge in [-0.2, -0.15) is 0 Å². The van der Waals surface area contributed by atoms with Gasteiger partial charge in [0.1, 0.15) is 0 Å². The molecule has 3 rings (SSSR count). The molecule has 0 saturated carbocycles. The highest BCUT2D eigenvalue weighted by molar-refractivity contribution is 6.04. The van der Waals surface area contributed by atoms with E-state index < -0.39 is 0 Å². The fraction of sp³-hybridized carbons (Fsp3) is 0. The Hall–Kier alpha value is -3.07. The van der Waals surface area contributed by atoms with E-state index in [9.17, 15) is 4.79 Å². The summed E-state index contributed by atoms with van der Waals surface area (Å²) in [6.45, 7) is 0. The van der Waals surface area contributed by atoms with Crippen LogP contribution < -0.4 is 11.1 Å². The molecule has 3 heteroatoms. The van der Waals surface area contributed by atoms with Crippen LogP contribution in [0.1, 0.15) is 10.4 Å². The van der Waals surface area contributed by atoms with E-state index in [0.29, 0.717) is 5.56 Å². The Balaban J connectivity index is 0.000000211. The number of amides is 1. The van der Waals surface area contributed by atoms with Crippen LogP contribution in [0.3, 0.4) is 0 Å². The minimum Gasteiger partial charge on any atom is -0.399 e. The predicted octanol–water partition coefficient (Wildman–Crippen LogP) is 4.21. The molecule has 1 amide bonds. The molecule has 22 heavy (non-hydrogen) atoms. The van der Waals surface area contributed by atoms with Gasteiger partial charge in [0, 0.05) is 16.9 Å². The van der Waals surface area contributed by atoms with E-state index in [0.717, 1.165) is 11.4 Å². The third-order valence-corrected chi connectivity index (χ3v) is 2.87. The van der Waals surface area contributed by atoms with Gasteiger partial charge in [-0.05, 0) is 36.4 Å². The lowest BCUT2D eigenvalue weighted by atomic mass is 10.2. The van der Waals surface area contributed by atoms with Crippen LogP contribution in [-0.4, -0.2) is 5.91 Å². The van der Waals surface area contributed by atoms with Gasteiger partial charge in [-0.1, -0.05) is 54.6 Å². The first-order valence-corrected chi connectivity index (χ1v) is 6.97. The standard InChI is InChI=1S/C13H11NO.C6H7N/c15-13(11-7-3-1-4-8-11)14-12-9-5-2-6-10-12;7-6-4-2-1-3-5-6/h1-10H,(H,14,15);1-5H,7H2. The second-order valence-electron chi connectivity index (χ2n) is 4.60. The number of carbonyl (C=O) groups excluding carboxylic acids is 1. The number of hydrogen-bond donors (Lipinski definition) is 2. The van der Waals surface area contributed by atoms with Gasteiger partial charge in [0.25, 0.3) is 5.91 Å². The second-order valence-corrected chi connectivity index (χ2v) is 4.60. The number of hydrogen-bond acceptors (Lipinski definition) is 2. The van der Waals surface area contributed by atoms with Gasteiger partial charge in [0.2, 0.25) is 0 Å². The molecule has 0 fully saturated rings. The molecule has 0 bridgehead atoms. The van der Waals surface area contributed by atoms with Crippen molar-refractivity contribution >= 4 is 17.3 Å². The molecule has 0 heterocycles. The Kier molecular flexibility index (Phi) is 5.76. The molecule has 0 unspecified atom stereocenters. The van der Waals surface area contributed by atoms with Crippen molar-refractivity contribution in [2.75, 3.05) is 11.1 Å². The molecule has 0 radical (unpaired) electrons. The van der Waals surface area contributed by atoms with Crippen LogP contribution >= 0.6 is 0 Å². The number of nitrogen functional groups attached to an aromatic ring is 1. The number of para-hydroxylation sites is 2. The zero-order valence-corrected chi connectivity index (χ0v) is 12.1. The molecular weight excluding hydrogens is 272 g/mol. The zero-order valence-electron chi connectivity index (χ0n) is 12.1. The van der Waals surface area contributed by atoms with Crippen LogP contribution in [0.25, 0.3) is 0 Å². The maximum Gasteiger partial charge on any atom is 0.255 e. The molecular formula is C19H18N2O. The summed E-state index contributed by atoms with van der Waals surface area (Å²) in [7, 11) is 0. The summed E-state index contributed by atoms with van der Waals surface area (Å²) in [5, 5.41) is 2.82. The van der Waals surface area contributed by atoms with Gasteiger partial charge in [0.15, 0.2) is 0 Å². The number of benzene rings is 3. The highest BCUT2D eigenvalue weighted by Crippen LogP contribution is 2.08. The van der Waals surface area contributed by atoms with E-state index >= 15 is 0 Å². The van der Waals surface area contributed by atoms with Crippen LogP contribution in [0.4, 0.5) is 11.4 Å². The molecule has 3 aromatic rings. The topological polar surface area (TPSA) is 55.1 Å². The van der Waals surface area contributed by atoms with Gasteiger partial charge in [0.05, 0.1) is 0 Å². The number of nitrogens with two attached hydrogens (primary N) is 1. The molecule has 110 valence electrons. The first kappa shape index (κ1) is 15.3. The molecule has 0 saturated heterocycles. The number of nitrogens with one attached hydrogen (secondary N) is 1. The zero-order chi connectivity index (χ0) is 15.6. The van der Waals surface area contributed by atoms with Crippen molar-refractivity contribution in [1.29, 1.82) is 0 Å². The van der Waals surface area contributed by atoms with E-state index in [1.807, 2.05) is 78.9 Å². The van der Waals surface area contributed by atoms with Gasteiger partial charge in [-0.25, -0.2) is 0 Å². The summed E-state index contributed by atoms with van der Waals surface area (Å²) < 4.78 is 0. The van der Waals surface area contributed by atoms with Crippen LogP contribution in [0.5, 0.6) is 0 Å². The van der Waals surface area contributed by atoms with Gasteiger partial charge < -0.3 is 11.1 Å². The maximum atomic E-state index is 11.7. The predicted molar refractivity (Wildman–Crippen MR) is 91.7 cm³/mol.